The Bertz CT molecular complexity index is 810. The first kappa shape index (κ1) is 18.9. The summed E-state index contributed by atoms with van der Waals surface area (Å²) in [6.07, 6.45) is 4.19. The van der Waals surface area contributed by atoms with Crippen LogP contribution in [0.5, 0.6) is 0 Å². The SMILES string of the molecule is C[C@@H]1CN(C(=O)c2cc(S(=O)(=O)N3CCCCC3)cn2C)C[C@H]1C(=O)O. The number of carboxylic acids is 1. The van der Waals surface area contributed by atoms with E-state index in [1.807, 2.05) is 6.92 Å². The van der Waals surface area contributed by atoms with Crippen LogP contribution in [-0.4, -0.2) is 65.4 Å². The minimum atomic E-state index is -3.61. The van der Waals surface area contributed by atoms with Gasteiger partial charge in [0, 0.05) is 39.4 Å². The van der Waals surface area contributed by atoms with E-state index in [9.17, 15) is 23.1 Å². The van der Waals surface area contributed by atoms with Crippen molar-refractivity contribution in [2.24, 2.45) is 18.9 Å². The van der Waals surface area contributed by atoms with Crippen LogP contribution < -0.4 is 0 Å². The molecule has 1 aromatic heterocycles. The van der Waals surface area contributed by atoms with Crippen molar-refractivity contribution >= 4 is 21.9 Å². The number of piperidine rings is 1. The second-order valence-corrected chi connectivity index (χ2v) is 9.21. The molecule has 0 aromatic carbocycles. The van der Waals surface area contributed by atoms with Gasteiger partial charge < -0.3 is 14.6 Å². The Morgan fingerprint density at radius 3 is 2.38 bits per heavy atom. The van der Waals surface area contributed by atoms with E-state index in [1.54, 1.807) is 7.05 Å². The van der Waals surface area contributed by atoms with Gasteiger partial charge in [0.05, 0.1) is 5.92 Å². The van der Waals surface area contributed by atoms with Crippen LogP contribution in [0.3, 0.4) is 0 Å². The smallest absolute Gasteiger partial charge is 0.308 e. The maximum Gasteiger partial charge on any atom is 0.308 e. The third-order valence-electron chi connectivity index (χ3n) is 5.37. The molecule has 1 aromatic rings. The molecule has 9 heteroatoms. The number of likely N-dealkylation sites (tertiary alicyclic amines) is 1. The minimum Gasteiger partial charge on any atom is -0.481 e. The lowest BCUT2D eigenvalue weighted by atomic mass is 9.99. The van der Waals surface area contributed by atoms with Crippen molar-refractivity contribution in [2.75, 3.05) is 26.2 Å². The largest absolute Gasteiger partial charge is 0.481 e. The Balaban J connectivity index is 1.82. The molecule has 0 saturated carbocycles. The maximum absolute atomic E-state index is 12.8. The normalized spacial score (nSPS) is 24.8. The Labute approximate surface area is 153 Å². The van der Waals surface area contributed by atoms with E-state index in [-0.39, 0.29) is 29.0 Å². The average Bonchev–Trinajstić information content (AvgIpc) is 3.18. The number of aliphatic carboxylic acids is 1. The molecule has 0 unspecified atom stereocenters. The van der Waals surface area contributed by atoms with Crippen molar-refractivity contribution in [2.45, 2.75) is 31.1 Å². The van der Waals surface area contributed by atoms with Crippen molar-refractivity contribution < 1.29 is 23.1 Å². The molecule has 1 N–H and O–H groups in total. The predicted molar refractivity (Wildman–Crippen MR) is 94.2 cm³/mol. The summed E-state index contributed by atoms with van der Waals surface area (Å²) in [6.45, 7) is 3.32. The van der Waals surface area contributed by atoms with E-state index >= 15 is 0 Å². The zero-order chi connectivity index (χ0) is 19.1. The molecule has 0 radical (unpaired) electrons. The highest BCUT2D eigenvalue weighted by molar-refractivity contribution is 7.89. The molecule has 2 aliphatic rings. The van der Waals surface area contributed by atoms with Crippen LogP contribution in [0.25, 0.3) is 0 Å². The number of carbonyl (C=O) groups is 2. The van der Waals surface area contributed by atoms with Crippen molar-refractivity contribution in [3.05, 3.63) is 18.0 Å². The molecule has 2 atom stereocenters. The quantitative estimate of drug-likeness (QED) is 0.836. The standard InChI is InChI=1S/C17H25N3O5S/c1-12-9-19(11-14(12)17(22)23)16(21)15-8-13(10-18(15)2)26(24,25)20-6-4-3-5-7-20/h8,10,12,14H,3-7,9,11H2,1-2H3,(H,22,23)/t12-,14-/m1/s1. The lowest BCUT2D eigenvalue weighted by molar-refractivity contribution is -0.142. The van der Waals surface area contributed by atoms with Gasteiger partial charge in [-0.2, -0.15) is 4.31 Å². The van der Waals surface area contributed by atoms with E-state index in [0.29, 0.717) is 19.6 Å². The molecule has 3 heterocycles. The summed E-state index contributed by atoms with van der Waals surface area (Å²) >= 11 is 0. The second-order valence-electron chi connectivity index (χ2n) is 7.27. The summed E-state index contributed by atoms with van der Waals surface area (Å²) in [5.41, 5.74) is 0.263. The topological polar surface area (TPSA) is 99.9 Å². The molecule has 2 saturated heterocycles. The third kappa shape index (κ3) is 3.37. The number of nitrogens with zero attached hydrogens (tertiary/aromatic N) is 3. The summed E-state index contributed by atoms with van der Waals surface area (Å²) in [5.74, 6) is -1.96. The van der Waals surface area contributed by atoms with Crippen molar-refractivity contribution in [1.29, 1.82) is 0 Å². The van der Waals surface area contributed by atoms with Gasteiger partial charge in [-0.25, -0.2) is 8.42 Å². The number of sulfonamides is 1. The summed E-state index contributed by atoms with van der Waals surface area (Å²) in [5, 5.41) is 9.24. The molecule has 3 rings (SSSR count). The van der Waals surface area contributed by atoms with Crippen LogP contribution >= 0.6 is 0 Å². The molecule has 2 fully saturated rings. The molecule has 0 bridgehead atoms. The number of hydrogen-bond donors (Lipinski definition) is 1. The number of hydrogen-bond acceptors (Lipinski definition) is 4. The lowest BCUT2D eigenvalue weighted by Gasteiger charge is -2.25. The second kappa shape index (κ2) is 7.03. The van der Waals surface area contributed by atoms with Crippen LogP contribution in [0, 0.1) is 11.8 Å². The fourth-order valence-corrected chi connectivity index (χ4v) is 5.35. The molecule has 0 aliphatic carbocycles. The Morgan fingerprint density at radius 2 is 1.81 bits per heavy atom. The highest BCUT2D eigenvalue weighted by Gasteiger charge is 2.38. The highest BCUT2D eigenvalue weighted by Crippen LogP contribution is 2.27. The molecule has 26 heavy (non-hydrogen) atoms. The van der Waals surface area contributed by atoms with Gasteiger partial charge in [-0.15, -0.1) is 0 Å². The van der Waals surface area contributed by atoms with Crippen LogP contribution in [-0.2, 0) is 21.9 Å². The number of aryl methyl sites for hydroxylation is 1. The minimum absolute atomic E-state index is 0.118. The first-order chi connectivity index (χ1) is 12.2. The summed E-state index contributed by atoms with van der Waals surface area (Å²) in [6, 6.07) is 1.41. The Hall–Kier alpha value is -1.87. The van der Waals surface area contributed by atoms with Gasteiger partial charge in [0.25, 0.3) is 5.91 Å². The zero-order valence-corrected chi connectivity index (χ0v) is 15.9. The summed E-state index contributed by atoms with van der Waals surface area (Å²) in [7, 11) is -1.97. The molecule has 1 amide bonds. The van der Waals surface area contributed by atoms with Crippen molar-refractivity contribution in [1.82, 2.24) is 13.8 Å². The first-order valence-corrected chi connectivity index (χ1v) is 10.3. The van der Waals surface area contributed by atoms with Crippen molar-refractivity contribution in [3.8, 4) is 0 Å². The zero-order valence-electron chi connectivity index (χ0n) is 15.1. The van der Waals surface area contributed by atoms with E-state index in [2.05, 4.69) is 0 Å². The van der Waals surface area contributed by atoms with Gasteiger partial charge in [0.1, 0.15) is 10.6 Å². The van der Waals surface area contributed by atoms with Gasteiger partial charge in [0.2, 0.25) is 10.0 Å². The average molecular weight is 383 g/mol. The number of amides is 1. The fraction of sp³-hybridized carbons (Fsp3) is 0.647. The molecular formula is C17H25N3O5S. The van der Waals surface area contributed by atoms with E-state index in [1.165, 1.54) is 26.0 Å². The number of aromatic nitrogens is 1. The van der Waals surface area contributed by atoms with Gasteiger partial charge in [-0.3, -0.25) is 9.59 Å². The molecule has 2 aliphatic heterocycles. The van der Waals surface area contributed by atoms with Crippen LogP contribution in [0.2, 0.25) is 0 Å². The number of carbonyl (C=O) groups excluding carboxylic acids is 1. The molecular weight excluding hydrogens is 358 g/mol. The fourth-order valence-electron chi connectivity index (χ4n) is 3.76. The Kier molecular flexibility index (Phi) is 5.12. The van der Waals surface area contributed by atoms with E-state index in [0.717, 1.165) is 19.3 Å². The third-order valence-corrected chi connectivity index (χ3v) is 7.23. The van der Waals surface area contributed by atoms with Gasteiger partial charge >= 0.3 is 5.97 Å². The Morgan fingerprint density at radius 1 is 1.15 bits per heavy atom. The molecule has 0 spiro atoms. The number of carboxylic acid groups (broad SMARTS) is 1. The van der Waals surface area contributed by atoms with Gasteiger partial charge in [-0.1, -0.05) is 13.3 Å². The van der Waals surface area contributed by atoms with Crippen molar-refractivity contribution in [3.63, 3.8) is 0 Å². The van der Waals surface area contributed by atoms with Gasteiger partial charge in [0.15, 0.2) is 0 Å². The van der Waals surface area contributed by atoms with E-state index in [4.69, 9.17) is 0 Å². The summed E-state index contributed by atoms with van der Waals surface area (Å²) in [4.78, 5) is 25.7. The monoisotopic (exact) mass is 383 g/mol. The highest BCUT2D eigenvalue weighted by atomic mass is 32.2. The van der Waals surface area contributed by atoms with Gasteiger partial charge in [-0.05, 0) is 24.8 Å². The molecule has 144 valence electrons. The predicted octanol–water partition coefficient (Wildman–Crippen LogP) is 0.992. The maximum atomic E-state index is 12.8. The lowest BCUT2D eigenvalue weighted by Crippen LogP contribution is -2.35. The van der Waals surface area contributed by atoms with Crippen LogP contribution in [0.1, 0.15) is 36.7 Å². The van der Waals surface area contributed by atoms with E-state index < -0.39 is 21.9 Å². The molecule has 8 nitrogen and oxygen atoms in total. The van der Waals surface area contributed by atoms with Crippen LogP contribution in [0.15, 0.2) is 17.2 Å². The first-order valence-electron chi connectivity index (χ1n) is 8.90. The van der Waals surface area contributed by atoms with Crippen LogP contribution in [0.4, 0.5) is 0 Å². The number of rotatable bonds is 4. The summed E-state index contributed by atoms with van der Waals surface area (Å²) < 4.78 is 28.6.